The zero-order valence-corrected chi connectivity index (χ0v) is 18.7. The van der Waals surface area contributed by atoms with Crippen molar-refractivity contribution in [3.63, 3.8) is 0 Å². The number of nitrogens with one attached hydrogen (secondary N) is 2. The van der Waals surface area contributed by atoms with Gasteiger partial charge in [0, 0.05) is 31.2 Å². The molecule has 1 aliphatic heterocycles. The first-order valence-electron chi connectivity index (χ1n) is 9.05. The molecule has 0 radical (unpaired) electrons. The molecule has 148 valence electrons. The fourth-order valence-corrected chi connectivity index (χ4v) is 4.22. The van der Waals surface area contributed by atoms with Gasteiger partial charge in [0.05, 0.1) is 18.7 Å². The first kappa shape index (κ1) is 22.0. The van der Waals surface area contributed by atoms with Crippen molar-refractivity contribution in [2.24, 2.45) is 4.99 Å². The Morgan fingerprint density at radius 1 is 1.30 bits per heavy atom. The molecule has 1 aromatic heterocycles. The number of nitrogens with zero attached hydrogens (tertiary/aromatic N) is 3. The molecule has 1 saturated heterocycles. The molecule has 3 rings (SSSR count). The molecule has 3 N–H and O–H groups in total. The normalized spacial score (nSPS) is 19.6. The number of aliphatic imine (C=N–C) groups is 1. The van der Waals surface area contributed by atoms with E-state index in [2.05, 4.69) is 27.9 Å². The number of hydrogen-bond donors (Lipinski definition) is 3. The first-order chi connectivity index (χ1) is 12.7. The third-order valence-electron chi connectivity index (χ3n) is 4.43. The van der Waals surface area contributed by atoms with E-state index >= 15 is 0 Å². The molecule has 1 atom stereocenters. The van der Waals surface area contributed by atoms with Crippen molar-refractivity contribution in [1.82, 2.24) is 20.4 Å². The average molecular weight is 501 g/mol. The summed E-state index contributed by atoms with van der Waals surface area (Å²) in [4.78, 5) is 4.71. The number of guanidine groups is 1. The zero-order valence-electron chi connectivity index (χ0n) is 15.6. The fourth-order valence-electron chi connectivity index (χ4n) is 2.92. The summed E-state index contributed by atoms with van der Waals surface area (Å²) in [6.45, 7) is 4.68. The molecule has 1 aromatic carbocycles. The summed E-state index contributed by atoms with van der Waals surface area (Å²) >= 11 is 1.80. The predicted molar refractivity (Wildman–Crippen MR) is 123 cm³/mol. The number of aromatic nitrogens is 2. The summed E-state index contributed by atoms with van der Waals surface area (Å²) in [5, 5.41) is 21.3. The summed E-state index contributed by atoms with van der Waals surface area (Å²) in [6.07, 6.45) is 4.59. The van der Waals surface area contributed by atoms with Crippen molar-refractivity contribution < 1.29 is 5.11 Å². The van der Waals surface area contributed by atoms with Gasteiger partial charge in [0.1, 0.15) is 0 Å². The van der Waals surface area contributed by atoms with Crippen molar-refractivity contribution >= 4 is 41.7 Å². The van der Waals surface area contributed by atoms with Crippen molar-refractivity contribution in [3.05, 3.63) is 53.9 Å². The maximum absolute atomic E-state index is 10.5. The Morgan fingerprint density at radius 3 is 2.78 bits per heavy atom. The van der Waals surface area contributed by atoms with Crippen molar-refractivity contribution in [3.8, 4) is 0 Å². The number of rotatable bonds is 7. The molecule has 27 heavy (non-hydrogen) atoms. The third kappa shape index (κ3) is 6.69. The van der Waals surface area contributed by atoms with Gasteiger partial charge in [0.15, 0.2) is 5.96 Å². The van der Waals surface area contributed by atoms with E-state index in [1.54, 1.807) is 18.0 Å². The van der Waals surface area contributed by atoms with Crippen LogP contribution in [0.5, 0.6) is 0 Å². The van der Waals surface area contributed by atoms with Gasteiger partial charge in [0.2, 0.25) is 0 Å². The molecule has 0 amide bonds. The highest BCUT2D eigenvalue weighted by atomic mass is 127. The molecular formula is C19H28IN5OS. The lowest BCUT2D eigenvalue weighted by Crippen LogP contribution is -2.47. The Bertz CT molecular complexity index is 717. The van der Waals surface area contributed by atoms with Crippen LogP contribution in [0.25, 0.3) is 0 Å². The molecule has 0 bridgehead atoms. The summed E-state index contributed by atoms with van der Waals surface area (Å²) in [5.74, 6) is 2.55. The van der Waals surface area contributed by atoms with Crippen LogP contribution in [-0.4, -0.2) is 51.0 Å². The van der Waals surface area contributed by atoms with Gasteiger partial charge in [-0.05, 0) is 36.3 Å². The highest BCUT2D eigenvalue weighted by molar-refractivity contribution is 14.0. The molecule has 1 aliphatic rings. The van der Waals surface area contributed by atoms with Crippen LogP contribution in [0.1, 0.15) is 24.5 Å². The number of hydrogen-bond acceptors (Lipinski definition) is 4. The molecule has 6 nitrogen and oxygen atoms in total. The van der Waals surface area contributed by atoms with Crippen LogP contribution in [0.15, 0.2) is 47.7 Å². The highest BCUT2D eigenvalue weighted by Crippen LogP contribution is 2.26. The Labute approximate surface area is 182 Å². The largest absolute Gasteiger partial charge is 0.387 e. The van der Waals surface area contributed by atoms with E-state index in [1.165, 1.54) is 11.1 Å². The van der Waals surface area contributed by atoms with Crippen LogP contribution in [-0.2, 0) is 13.1 Å². The maximum atomic E-state index is 10.5. The van der Waals surface area contributed by atoms with Gasteiger partial charge in [-0.3, -0.25) is 4.68 Å². The van der Waals surface area contributed by atoms with Crippen LogP contribution in [0, 0.1) is 0 Å². The Morgan fingerprint density at radius 2 is 2.11 bits per heavy atom. The van der Waals surface area contributed by atoms with Crippen molar-refractivity contribution in [2.45, 2.75) is 32.0 Å². The summed E-state index contributed by atoms with van der Waals surface area (Å²) in [6, 6.07) is 10.2. The topological polar surface area (TPSA) is 74.5 Å². The van der Waals surface area contributed by atoms with Gasteiger partial charge in [-0.15, -0.1) is 24.0 Å². The minimum absolute atomic E-state index is 0. The Kier molecular flexibility index (Phi) is 8.91. The Hall–Kier alpha value is -1.26. The third-order valence-corrected chi connectivity index (χ3v) is 5.66. The minimum atomic E-state index is -0.626. The molecule has 0 aliphatic carbocycles. The second-order valence-corrected chi connectivity index (χ2v) is 7.65. The van der Waals surface area contributed by atoms with Gasteiger partial charge in [-0.1, -0.05) is 24.3 Å². The summed E-state index contributed by atoms with van der Waals surface area (Å²) in [7, 11) is 0. The van der Waals surface area contributed by atoms with Crippen LogP contribution in [0.4, 0.5) is 0 Å². The number of halogens is 1. The Balaban J connectivity index is 0.00000261. The number of thioether (sulfide) groups is 1. The summed E-state index contributed by atoms with van der Waals surface area (Å²) in [5.41, 5.74) is 1.76. The van der Waals surface area contributed by atoms with E-state index in [0.717, 1.165) is 37.0 Å². The maximum Gasteiger partial charge on any atom is 0.191 e. The van der Waals surface area contributed by atoms with E-state index in [4.69, 9.17) is 4.99 Å². The van der Waals surface area contributed by atoms with Gasteiger partial charge in [0.25, 0.3) is 0 Å². The molecular weight excluding hydrogens is 473 g/mol. The van der Waals surface area contributed by atoms with Gasteiger partial charge < -0.3 is 15.7 Å². The SMILES string of the molecule is CCNC(=NCc1ccccc1Cn1cccn1)NCC1(O)CCSC1.I. The quantitative estimate of drug-likeness (QED) is 0.309. The smallest absolute Gasteiger partial charge is 0.191 e. The lowest BCUT2D eigenvalue weighted by molar-refractivity contribution is 0.0724. The molecule has 2 aromatic rings. The molecule has 2 heterocycles. The van der Waals surface area contributed by atoms with Crippen LogP contribution in [0.3, 0.4) is 0 Å². The lowest BCUT2D eigenvalue weighted by Gasteiger charge is -2.23. The van der Waals surface area contributed by atoms with Gasteiger partial charge in [-0.25, -0.2) is 4.99 Å². The van der Waals surface area contributed by atoms with E-state index in [9.17, 15) is 5.11 Å². The molecule has 8 heteroatoms. The molecule has 1 unspecified atom stereocenters. The second-order valence-electron chi connectivity index (χ2n) is 6.55. The lowest BCUT2D eigenvalue weighted by atomic mass is 10.0. The van der Waals surface area contributed by atoms with E-state index < -0.39 is 5.60 Å². The monoisotopic (exact) mass is 501 g/mol. The van der Waals surface area contributed by atoms with Gasteiger partial charge in [-0.2, -0.15) is 16.9 Å². The number of benzene rings is 1. The van der Waals surface area contributed by atoms with Crippen LogP contribution < -0.4 is 10.6 Å². The zero-order chi connectivity index (χ0) is 18.2. The van der Waals surface area contributed by atoms with E-state index in [-0.39, 0.29) is 24.0 Å². The fraction of sp³-hybridized carbons (Fsp3) is 0.474. The van der Waals surface area contributed by atoms with E-state index in [0.29, 0.717) is 13.1 Å². The van der Waals surface area contributed by atoms with Gasteiger partial charge >= 0.3 is 0 Å². The average Bonchev–Trinajstić information content (AvgIpc) is 3.31. The highest BCUT2D eigenvalue weighted by Gasteiger charge is 2.31. The first-order valence-corrected chi connectivity index (χ1v) is 10.2. The van der Waals surface area contributed by atoms with Crippen molar-refractivity contribution in [2.75, 3.05) is 24.6 Å². The minimum Gasteiger partial charge on any atom is -0.387 e. The molecule has 1 fully saturated rings. The molecule has 0 saturated carbocycles. The van der Waals surface area contributed by atoms with Crippen LogP contribution >= 0.6 is 35.7 Å². The second kappa shape index (κ2) is 10.9. The summed E-state index contributed by atoms with van der Waals surface area (Å²) < 4.78 is 1.92. The van der Waals surface area contributed by atoms with Crippen molar-refractivity contribution in [1.29, 1.82) is 0 Å². The van der Waals surface area contributed by atoms with E-state index in [1.807, 2.05) is 36.0 Å². The number of aliphatic hydroxyl groups is 1. The van der Waals surface area contributed by atoms with Crippen LogP contribution in [0.2, 0.25) is 0 Å². The standard InChI is InChI=1S/C19H27N5OS.HI/c1-2-20-18(22-14-19(25)8-11-26-15-19)21-12-16-6-3-4-7-17(16)13-24-10-5-9-23-24;/h3-7,9-10,25H,2,8,11-15H2,1H3,(H2,20,21,22);1H. The molecule has 0 spiro atoms. The predicted octanol–water partition coefficient (Wildman–Crippen LogP) is 2.47.